The van der Waals surface area contributed by atoms with Gasteiger partial charge in [-0.25, -0.2) is 4.98 Å². The number of benzene rings is 1. The van der Waals surface area contributed by atoms with Crippen LogP contribution in [-0.4, -0.2) is 36.7 Å². The Bertz CT molecular complexity index is 722. The van der Waals surface area contributed by atoms with Crippen molar-refractivity contribution in [3.63, 3.8) is 0 Å². The lowest BCUT2D eigenvalue weighted by molar-refractivity contribution is -0.120. The van der Waals surface area contributed by atoms with Gasteiger partial charge in [0.15, 0.2) is 5.13 Å². The molecule has 1 aliphatic heterocycles. The molecular weight excluding hydrogens is 310 g/mol. The summed E-state index contributed by atoms with van der Waals surface area (Å²) in [5.74, 6) is -0.0837. The number of thiazole rings is 1. The van der Waals surface area contributed by atoms with Crippen LogP contribution in [0, 0.1) is 0 Å². The van der Waals surface area contributed by atoms with Crippen LogP contribution < -0.4 is 10.6 Å². The second-order valence-corrected chi connectivity index (χ2v) is 6.80. The van der Waals surface area contributed by atoms with Crippen LogP contribution in [0.3, 0.4) is 0 Å². The van der Waals surface area contributed by atoms with Crippen molar-refractivity contribution in [1.29, 1.82) is 0 Å². The molecule has 1 atom stereocenters. The molecule has 23 heavy (non-hydrogen) atoms. The first-order valence-corrected chi connectivity index (χ1v) is 8.87. The molecule has 1 aromatic carbocycles. The summed E-state index contributed by atoms with van der Waals surface area (Å²) in [6.45, 7) is 1.77. The fourth-order valence-electron chi connectivity index (χ4n) is 3.12. The molecule has 4 rings (SSSR count). The van der Waals surface area contributed by atoms with Crippen molar-refractivity contribution >= 4 is 22.4 Å². The van der Waals surface area contributed by atoms with Crippen LogP contribution in [0.2, 0.25) is 0 Å². The molecule has 5 nitrogen and oxygen atoms in total. The summed E-state index contributed by atoms with van der Waals surface area (Å²) in [5, 5.41) is 8.66. The Morgan fingerprint density at radius 2 is 2.26 bits per heavy atom. The van der Waals surface area contributed by atoms with Gasteiger partial charge < -0.3 is 15.4 Å². The van der Waals surface area contributed by atoms with Gasteiger partial charge in [-0.2, -0.15) is 0 Å². The molecule has 1 fully saturated rings. The normalized spacial score (nSPS) is 20.3. The number of hydrogen-bond acceptors (Lipinski definition) is 5. The Morgan fingerprint density at radius 3 is 3.13 bits per heavy atom. The molecule has 2 N–H and O–H groups in total. The molecule has 2 aromatic rings. The number of carbonyl (C=O) groups is 1. The highest BCUT2D eigenvalue weighted by Crippen LogP contribution is 2.30. The minimum Gasteiger partial charge on any atom is -0.378 e. The lowest BCUT2D eigenvalue weighted by Crippen LogP contribution is -2.48. The van der Waals surface area contributed by atoms with Gasteiger partial charge in [0, 0.05) is 17.5 Å². The number of nitrogens with one attached hydrogen (secondary N) is 2. The van der Waals surface area contributed by atoms with E-state index in [1.807, 2.05) is 5.38 Å². The maximum Gasteiger partial charge on any atom is 0.245 e. The van der Waals surface area contributed by atoms with Gasteiger partial charge in [-0.3, -0.25) is 4.79 Å². The van der Waals surface area contributed by atoms with Crippen LogP contribution in [-0.2, 0) is 22.4 Å². The molecule has 120 valence electrons. The fourth-order valence-corrected chi connectivity index (χ4v) is 3.84. The number of rotatable bonds is 3. The van der Waals surface area contributed by atoms with Gasteiger partial charge in [0.1, 0.15) is 6.04 Å². The predicted molar refractivity (Wildman–Crippen MR) is 90.8 cm³/mol. The SMILES string of the molecule is O=C(Nc1nc(-c2ccc3c(c2)CCC3)cs1)[C@@H]1COCCN1. The first-order valence-electron chi connectivity index (χ1n) is 7.99. The smallest absolute Gasteiger partial charge is 0.245 e. The van der Waals surface area contributed by atoms with E-state index in [4.69, 9.17) is 4.74 Å². The molecule has 2 heterocycles. The van der Waals surface area contributed by atoms with Crippen molar-refractivity contribution in [1.82, 2.24) is 10.3 Å². The zero-order valence-electron chi connectivity index (χ0n) is 12.8. The van der Waals surface area contributed by atoms with Crippen molar-refractivity contribution in [3.8, 4) is 11.3 Å². The summed E-state index contributed by atoms with van der Waals surface area (Å²) < 4.78 is 5.32. The van der Waals surface area contributed by atoms with Crippen LogP contribution in [0.5, 0.6) is 0 Å². The molecule has 1 saturated heterocycles. The number of hydrogen-bond donors (Lipinski definition) is 2. The Labute approximate surface area is 139 Å². The Hall–Kier alpha value is -1.76. The number of ether oxygens (including phenoxy) is 1. The van der Waals surface area contributed by atoms with E-state index in [0.29, 0.717) is 24.9 Å². The fraction of sp³-hybridized carbons (Fsp3) is 0.412. The van der Waals surface area contributed by atoms with Gasteiger partial charge in [0.2, 0.25) is 5.91 Å². The molecule has 0 spiro atoms. The summed E-state index contributed by atoms with van der Waals surface area (Å²) in [6.07, 6.45) is 3.59. The third-order valence-electron chi connectivity index (χ3n) is 4.37. The first kappa shape index (κ1) is 14.8. The molecule has 0 bridgehead atoms. The minimum absolute atomic E-state index is 0.0837. The number of morpholine rings is 1. The molecule has 1 amide bonds. The maximum atomic E-state index is 12.2. The third kappa shape index (κ3) is 3.15. The minimum atomic E-state index is -0.295. The van der Waals surface area contributed by atoms with Crippen molar-refractivity contribution in [2.24, 2.45) is 0 Å². The van der Waals surface area contributed by atoms with E-state index in [1.54, 1.807) is 0 Å². The molecule has 2 aliphatic rings. The molecule has 0 saturated carbocycles. The van der Waals surface area contributed by atoms with Gasteiger partial charge in [-0.15, -0.1) is 11.3 Å². The first-order chi connectivity index (χ1) is 11.3. The zero-order valence-corrected chi connectivity index (χ0v) is 13.6. The van der Waals surface area contributed by atoms with Crippen molar-refractivity contribution in [3.05, 3.63) is 34.7 Å². The summed E-state index contributed by atoms with van der Waals surface area (Å²) in [7, 11) is 0. The molecule has 6 heteroatoms. The quantitative estimate of drug-likeness (QED) is 0.906. The lowest BCUT2D eigenvalue weighted by atomic mass is 10.1. The highest BCUT2D eigenvalue weighted by molar-refractivity contribution is 7.14. The van der Waals surface area contributed by atoms with Gasteiger partial charge in [-0.05, 0) is 36.5 Å². The van der Waals surface area contributed by atoms with Crippen LogP contribution in [0.1, 0.15) is 17.5 Å². The maximum absolute atomic E-state index is 12.2. The molecular formula is C17H19N3O2S. The number of aryl methyl sites for hydroxylation is 2. The number of anilines is 1. The van der Waals surface area contributed by atoms with E-state index in [1.165, 1.54) is 35.3 Å². The summed E-state index contributed by atoms with van der Waals surface area (Å²) in [5.41, 5.74) is 4.94. The van der Waals surface area contributed by atoms with Crippen LogP contribution >= 0.6 is 11.3 Å². The topological polar surface area (TPSA) is 63.2 Å². The van der Waals surface area contributed by atoms with Crippen molar-refractivity contribution in [2.45, 2.75) is 25.3 Å². The standard InChI is InChI=1S/C17H19N3O2S/c21-16(14-9-22-7-6-18-14)20-17-19-15(10-23-17)13-5-4-11-2-1-3-12(11)8-13/h4-5,8,10,14,18H,1-3,6-7,9H2,(H,19,20,21)/t14-/m0/s1. The molecule has 1 aliphatic carbocycles. The number of aromatic nitrogens is 1. The Morgan fingerprint density at radius 1 is 1.35 bits per heavy atom. The van der Waals surface area contributed by atoms with E-state index in [9.17, 15) is 4.79 Å². The molecule has 0 unspecified atom stereocenters. The third-order valence-corrected chi connectivity index (χ3v) is 5.12. The lowest BCUT2D eigenvalue weighted by Gasteiger charge is -2.22. The molecule has 0 radical (unpaired) electrons. The Balaban J connectivity index is 1.47. The number of carbonyl (C=O) groups excluding carboxylic acids is 1. The zero-order chi connectivity index (χ0) is 15.6. The average molecular weight is 329 g/mol. The number of fused-ring (bicyclic) bond motifs is 1. The molecule has 1 aromatic heterocycles. The van der Waals surface area contributed by atoms with E-state index in [2.05, 4.69) is 33.8 Å². The van der Waals surface area contributed by atoms with Crippen molar-refractivity contribution in [2.75, 3.05) is 25.1 Å². The van der Waals surface area contributed by atoms with E-state index >= 15 is 0 Å². The van der Waals surface area contributed by atoms with E-state index < -0.39 is 0 Å². The predicted octanol–water partition coefficient (Wildman–Crippen LogP) is 2.23. The largest absolute Gasteiger partial charge is 0.378 e. The number of amides is 1. The highest BCUT2D eigenvalue weighted by Gasteiger charge is 2.22. The summed E-state index contributed by atoms with van der Waals surface area (Å²) >= 11 is 1.46. The highest BCUT2D eigenvalue weighted by atomic mass is 32.1. The van der Waals surface area contributed by atoms with Gasteiger partial charge in [0.05, 0.1) is 18.9 Å². The van der Waals surface area contributed by atoms with Crippen LogP contribution in [0.15, 0.2) is 23.6 Å². The second-order valence-electron chi connectivity index (χ2n) is 5.95. The monoisotopic (exact) mass is 329 g/mol. The number of nitrogens with zero attached hydrogens (tertiary/aromatic N) is 1. The Kier molecular flexibility index (Phi) is 4.11. The second kappa shape index (κ2) is 6.39. The van der Waals surface area contributed by atoms with Gasteiger partial charge >= 0.3 is 0 Å². The van der Waals surface area contributed by atoms with Crippen LogP contribution in [0.4, 0.5) is 5.13 Å². The summed E-state index contributed by atoms with van der Waals surface area (Å²) in [6, 6.07) is 6.27. The van der Waals surface area contributed by atoms with Gasteiger partial charge in [0.25, 0.3) is 0 Å². The average Bonchev–Trinajstić information content (AvgIpc) is 3.23. The van der Waals surface area contributed by atoms with E-state index in [0.717, 1.165) is 17.7 Å². The van der Waals surface area contributed by atoms with Gasteiger partial charge in [-0.1, -0.05) is 12.1 Å². The van der Waals surface area contributed by atoms with E-state index in [-0.39, 0.29) is 11.9 Å². The van der Waals surface area contributed by atoms with Crippen molar-refractivity contribution < 1.29 is 9.53 Å². The van der Waals surface area contributed by atoms with Crippen LogP contribution in [0.25, 0.3) is 11.3 Å². The summed E-state index contributed by atoms with van der Waals surface area (Å²) in [4.78, 5) is 16.7.